The second kappa shape index (κ2) is 12.3. The van der Waals surface area contributed by atoms with Gasteiger partial charge >= 0.3 is 11.9 Å². The fraction of sp³-hybridized carbons (Fsp3) is 0.545. The van der Waals surface area contributed by atoms with Gasteiger partial charge in [-0.1, -0.05) is 11.6 Å². The molecule has 0 saturated heterocycles. The lowest BCUT2D eigenvalue weighted by molar-refractivity contribution is -0.143. The van der Waals surface area contributed by atoms with Crippen molar-refractivity contribution in [3.63, 3.8) is 0 Å². The Hall–Kier alpha value is -3.70. The quantitative estimate of drug-likeness (QED) is 0.155. The summed E-state index contributed by atoms with van der Waals surface area (Å²) in [6.07, 6.45) is 4.18. The van der Waals surface area contributed by atoms with E-state index in [1.54, 1.807) is 13.8 Å². The summed E-state index contributed by atoms with van der Waals surface area (Å²) in [4.78, 5) is 41.7. The average Bonchev–Trinajstić information content (AvgIpc) is 3.78. The van der Waals surface area contributed by atoms with E-state index in [0.29, 0.717) is 39.7 Å². The molecular formula is C22H26ClN7O6. The summed E-state index contributed by atoms with van der Waals surface area (Å²) < 4.78 is 19.5. The topological polar surface area (TPSA) is 171 Å². The minimum absolute atomic E-state index is 0.172. The van der Waals surface area contributed by atoms with E-state index < -0.39 is 11.9 Å². The van der Waals surface area contributed by atoms with Gasteiger partial charge in [-0.05, 0) is 50.2 Å². The number of rotatable bonds is 9. The number of nitrogens with zero attached hydrogens (tertiary/aromatic N) is 7. The first-order valence-corrected chi connectivity index (χ1v) is 11.5. The number of esters is 2. The molecular weight excluding hydrogens is 494 g/mol. The molecule has 0 aliphatic heterocycles. The summed E-state index contributed by atoms with van der Waals surface area (Å²) in [6, 6.07) is 0. The summed E-state index contributed by atoms with van der Waals surface area (Å²) >= 11 is 5.99. The molecule has 2 heterocycles. The van der Waals surface area contributed by atoms with Crippen LogP contribution in [0.3, 0.4) is 0 Å². The van der Waals surface area contributed by atoms with E-state index in [0.717, 1.165) is 25.7 Å². The van der Waals surface area contributed by atoms with Crippen LogP contribution in [0.4, 0.5) is 5.82 Å². The number of halogens is 1. The number of hydrogen-bond acceptors (Lipinski definition) is 11. The van der Waals surface area contributed by atoms with Crippen LogP contribution in [0.25, 0.3) is 10.4 Å². The maximum Gasteiger partial charge on any atom is 0.343 e. The second-order valence-corrected chi connectivity index (χ2v) is 8.46. The Bertz CT molecular complexity index is 1180. The van der Waals surface area contributed by atoms with Crippen LogP contribution in [0, 0.1) is 13.8 Å². The lowest BCUT2D eigenvalue weighted by Crippen LogP contribution is -2.14. The fourth-order valence-corrected chi connectivity index (χ4v) is 3.00. The highest BCUT2D eigenvalue weighted by Gasteiger charge is 2.29. The second-order valence-electron chi connectivity index (χ2n) is 8.11. The van der Waals surface area contributed by atoms with Crippen molar-refractivity contribution in [3.05, 3.63) is 38.4 Å². The predicted octanol–water partition coefficient (Wildman–Crippen LogP) is 4.02. The van der Waals surface area contributed by atoms with Crippen molar-refractivity contribution in [3.8, 4) is 11.8 Å². The number of azide groups is 1. The Morgan fingerprint density at radius 1 is 0.889 bits per heavy atom. The average molecular weight is 520 g/mol. The number of carbonyl (C=O) groups excluding carboxylic acids is 2. The molecule has 36 heavy (non-hydrogen) atoms. The zero-order valence-corrected chi connectivity index (χ0v) is 21.1. The number of carbonyl (C=O) groups is 2. The fourth-order valence-electron chi connectivity index (χ4n) is 2.83. The molecule has 0 bridgehead atoms. The molecule has 4 rings (SSSR count). The van der Waals surface area contributed by atoms with Crippen LogP contribution in [-0.2, 0) is 19.1 Å². The minimum atomic E-state index is -0.503. The van der Waals surface area contributed by atoms with Gasteiger partial charge < -0.3 is 18.9 Å². The van der Waals surface area contributed by atoms with Crippen molar-refractivity contribution in [1.29, 1.82) is 0 Å². The summed E-state index contributed by atoms with van der Waals surface area (Å²) in [7, 11) is 2.58. The smallest absolute Gasteiger partial charge is 0.343 e. The van der Waals surface area contributed by atoms with Gasteiger partial charge in [0.1, 0.15) is 22.6 Å². The van der Waals surface area contributed by atoms with Gasteiger partial charge in [0.2, 0.25) is 11.8 Å². The third kappa shape index (κ3) is 7.40. The van der Waals surface area contributed by atoms with Crippen molar-refractivity contribution in [2.24, 2.45) is 5.11 Å². The number of methoxy groups -OCH3 is 2. The molecule has 0 spiro atoms. The molecule has 0 N–H and O–H groups in total. The zero-order chi connectivity index (χ0) is 26.2. The van der Waals surface area contributed by atoms with Crippen molar-refractivity contribution in [2.45, 2.75) is 51.4 Å². The van der Waals surface area contributed by atoms with Crippen LogP contribution in [0.2, 0.25) is 5.15 Å². The SMILES string of the molecule is COC(=O)COc1nc(C2CC2)nc(Cl)c1C.COC(=O)COc1nc(C2CC2)nc(N=[N+]=[N-])c1C. The first kappa shape index (κ1) is 26.9. The molecule has 2 aromatic heterocycles. The highest BCUT2D eigenvalue weighted by Crippen LogP contribution is 2.41. The molecule has 2 aliphatic rings. The molecule has 0 unspecified atom stereocenters. The molecule has 2 aromatic rings. The third-order valence-electron chi connectivity index (χ3n) is 5.29. The Kier molecular flexibility index (Phi) is 9.20. The lowest BCUT2D eigenvalue weighted by Gasteiger charge is -2.10. The van der Waals surface area contributed by atoms with Crippen molar-refractivity contribution in [1.82, 2.24) is 19.9 Å². The van der Waals surface area contributed by atoms with Gasteiger partial charge in [-0.15, -0.1) is 0 Å². The highest BCUT2D eigenvalue weighted by molar-refractivity contribution is 6.30. The lowest BCUT2D eigenvalue weighted by atomic mass is 10.3. The minimum Gasteiger partial charge on any atom is -0.466 e. The van der Waals surface area contributed by atoms with Gasteiger partial charge in [-0.3, -0.25) is 0 Å². The van der Waals surface area contributed by atoms with Crippen molar-refractivity contribution in [2.75, 3.05) is 27.4 Å². The molecule has 2 saturated carbocycles. The summed E-state index contributed by atoms with van der Waals surface area (Å²) in [6.45, 7) is 3.02. The first-order chi connectivity index (χ1) is 17.3. The molecule has 14 heteroatoms. The molecule has 2 aliphatic carbocycles. The van der Waals surface area contributed by atoms with E-state index in [1.807, 2.05) is 0 Å². The molecule has 0 atom stereocenters. The Morgan fingerprint density at radius 2 is 1.36 bits per heavy atom. The molecule has 0 amide bonds. The van der Waals surface area contributed by atoms with E-state index in [2.05, 4.69) is 39.4 Å². The summed E-state index contributed by atoms with van der Waals surface area (Å²) in [5.41, 5.74) is 9.66. The van der Waals surface area contributed by atoms with Gasteiger partial charge in [0, 0.05) is 27.9 Å². The Labute approximate surface area is 212 Å². The summed E-state index contributed by atoms with van der Waals surface area (Å²) in [5.74, 6) is 1.85. The van der Waals surface area contributed by atoms with E-state index in [1.165, 1.54) is 14.2 Å². The van der Waals surface area contributed by atoms with E-state index in [4.69, 9.17) is 26.6 Å². The van der Waals surface area contributed by atoms with E-state index >= 15 is 0 Å². The van der Waals surface area contributed by atoms with Gasteiger partial charge in [0.25, 0.3) is 0 Å². The van der Waals surface area contributed by atoms with Crippen LogP contribution < -0.4 is 9.47 Å². The van der Waals surface area contributed by atoms with Gasteiger partial charge in [-0.2, -0.15) is 9.97 Å². The molecule has 13 nitrogen and oxygen atoms in total. The maximum atomic E-state index is 11.1. The van der Waals surface area contributed by atoms with Crippen LogP contribution in [0.5, 0.6) is 11.8 Å². The van der Waals surface area contributed by atoms with Crippen molar-refractivity contribution < 1.29 is 28.5 Å². The third-order valence-corrected chi connectivity index (χ3v) is 5.65. The normalized spacial score (nSPS) is 14.0. The molecule has 192 valence electrons. The van der Waals surface area contributed by atoms with Crippen LogP contribution in [0.15, 0.2) is 5.11 Å². The summed E-state index contributed by atoms with van der Waals surface area (Å²) in [5, 5.41) is 3.89. The van der Waals surface area contributed by atoms with Crippen LogP contribution in [-0.4, -0.2) is 59.3 Å². The standard InChI is InChI=1S/C11H13ClN2O3.C11H13N5O3/c1-6-9(12)13-10(7-3-4-7)14-11(6)17-5-8(15)16-2;1-6-9(15-16-12)13-10(7-3-4-7)14-11(6)19-5-8(17)18-2/h7H,3-5H2,1-2H3;7H,3-5H2,1-2H3. The van der Waals surface area contributed by atoms with Gasteiger partial charge in [-0.25, -0.2) is 19.6 Å². The highest BCUT2D eigenvalue weighted by atomic mass is 35.5. The molecule has 0 radical (unpaired) electrons. The largest absolute Gasteiger partial charge is 0.466 e. The van der Waals surface area contributed by atoms with Gasteiger partial charge in [0.15, 0.2) is 13.2 Å². The van der Waals surface area contributed by atoms with Crippen LogP contribution in [0.1, 0.15) is 60.3 Å². The van der Waals surface area contributed by atoms with Gasteiger partial charge in [0.05, 0.1) is 14.2 Å². The number of hydrogen-bond donors (Lipinski definition) is 0. The number of aromatic nitrogens is 4. The zero-order valence-electron chi connectivity index (χ0n) is 20.4. The van der Waals surface area contributed by atoms with E-state index in [9.17, 15) is 9.59 Å². The van der Waals surface area contributed by atoms with Crippen molar-refractivity contribution >= 4 is 29.4 Å². The Morgan fingerprint density at radius 3 is 1.81 bits per heavy atom. The van der Waals surface area contributed by atoms with Crippen LogP contribution >= 0.6 is 11.6 Å². The molecule has 2 fully saturated rings. The maximum absolute atomic E-state index is 11.1. The van der Waals surface area contributed by atoms with E-state index in [-0.39, 0.29) is 30.8 Å². The monoisotopic (exact) mass is 519 g/mol. The number of ether oxygens (including phenoxy) is 4. The Balaban J connectivity index is 0.000000202. The first-order valence-electron chi connectivity index (χ1n) is 11.1. The predicted molar refractivity (Wildman–Crippen MR) is 126 cm³/mol. The molecule has 0 aromatic carbocycles.